The van der Waals surface area contributed by atoms with E-state index in [9.17, 15) is 4.79 Å². The molecule has 0 saturated carbocycles. The van der Waals surface area contributed by atoms with Crippen LogP contribution < -0.4 is 5.56 Å². The average molecular weight is 573 g/mol. The van der Waals surface area contributed by atoms with Crippen LogP contribution in [-0.2, 0) is 0 Å². The van der Waals surface area contributed by atoms with Crippen LogP contribution in [0.5, 0.6) is 0 Å². The monoisotopic (exact) mass is 572 g/mol. The van der Waals surface area contributed by atoms with E-state index in [0.717, 1.165) is 48.7 Å². The predicted molar refractivity (Wildman–Crippen MR) is 173 cm³/mol. The molecule has 0 radical (unpaired) electrons. The van der Waals surface area contributed by atoms with Crippen molar-refractivity contribution in [3.05, 3.63) is 132 Å². The number of rotatable bonds is 3. The van der Waals surface area contributed by atoms with Crippen molar-refractivity contribution >= 4 is 59.2 Å². The normalized spacial score (nSPS) is 11.8. The maximum absolute atomic E-state index is 13.5. The van der Waals surface area contributed by atoms with Crippen LogP contribution in [0.2, 0.25) is 0 Å². The van der Waals surface area contributed by atoms with Crippen molar-refractivity contribution in [2.24, 2.45) is 0 Å². The van der Waals surface area contributed by atoms with E-state index in [1.807, 2.05) is 95.6 Å². The van der Waals surface area contributed by atoms with Crippen molar-refractivity contribution in [1.82, 2.24) is 28.9 Å². The van der Waals surface area contributed by atoms with Crippen LogP contribution in [0.25, 0.3) is 76.6 Å². The highest BCUT2D eigenvalue weighted by Crippen LogP contribution is 2.36. The molecule has 0 aliphatic rings. The lowest BCUT2D eigenvalue weighted by Gasteiger charge is -2.11. The Balaban J connectivity index is 1.41. The number of aromatic nitrogens is 6. The molecule has 4 aromatic heterocycles. The fourth-order valence-electron chi connectivity index (χ4n) is 5.90. The van der Waals surface area contributed by atoms with Crippen molar-refractivity contribution in [2.45, 2.75) is 0 Å². The van der Waals surface area contributed by atoms with Gasteiger partial charge in [0.2, 0.25) is 5.95 Å². The number of nitrogens with zero attached hydrogens (tertiary/aromatic N) is 6. The molecule has 4 heterocycles. The van der Waals surface area contributed by atoms with Crippen LogP contribution in [0.1, 0.15) is 0 Å². The lowest BCUT2D eigenvalue weighted by atomic mass is 10.1. The van der Waals surface area contributed by atoms with Gasteiger partial charge in [-0.1, -0.05) is 102 Å². The minimum atomic E-state index is -0.258. The lowest BCUT2D eigenvalue weighted by Crippen LogP contribution is -2.10. The van der Waals surface area contributed by atoms with Gasteiger partial charge in [0.05, 0.1) is 32.2 Å². The van der Waals surface area contributed by atoms with Gasteiger partial charge in [-0.25, -0.2) is 4.98 Å². The molecule has 0 amide bonds. The first-order chi connectivity index (χ1) is 21.2. The molecule has 0 aliphatic heterocycles. The summed E-state index contributed by atoms with van der Waals surface area (Å²) in [5.41, 5.74) is 5.15. The van der Waals surface area contributed by atoms with E-state index in [0.29, 0.717) is 27.9 Å². The second-order valence-corrected chi connectivity index (χ2v) is 11.4. The van der Waals surface area contributed by atoms with Gasteiger partial charge in [0.25, 0.3) is 5.56 Å². The van der Waals surface area contributed by atoms with Crippen molar-refractivity contribution in [1.29, 1.82) is 0 Å². The molecule has 43 heavy (non-hydrogen) atoms. The summed E-state index contributed by atoms with van der Waals surface area (Å²) in [5, 5.41) is 2.58. The Morgan fingerprint density at radius 1 is 0.512 bits per heavy atom. The largest absolute Gasteiger partial charge is 0.284 e. The molecule has 0 N–H and O–H groups in total. The Hall–Kier alpha value is -5.73. The summed E-state index contributed by atoms with van der Waals surface area (Å²) in [5.74, 6) is 1.63. The maximum Gasteiger partial charge on any atom is 0.281 e. The average Bonchev–Trinajstić information content (AvgIpc) is 3.60. The molecule has 7 nitrogen and oxygen atoms in total. The van der Waals surface area contributed by atoms with Crippen LogP contribution in [0, 0.1) is 0 Å². The van der Waals surface area contributed by atoms with E-state index in [-0.39, 0.29) is 5.56 Å². The summed E-state index contributed by atoms with van der Waals surface area (Å²) < 4.78 is 5.20. The van der Waals surface area contributed by atoms with Gasteiger partial charge in [-0.05, 0) is 30.3 Å². The zero-order chi connectivity index (χ0) is 28.5. The highest BCUT2D eigenvalue weighted by Gasteiger charge is 2.20. The summed E-state index contributed by atoms with van der Waals surface area (Å²) in [6.07, 6.45) is 0. The van der Waals surface area contributed by atoms with E-state index in [1.165, 1.54) is 11.3 Å². The zero-order valence-corrected chi connectivity index (χ0v) is 23.4. The van der Waals surface area contributed by atoms with Crippen LogP contribution in [0.15, 0.2) is 126 Å². The summed E-state index contributed by atoms with van der Waals surface area (Å²) in [6.45, 7) is 0. The highest BCUT2D eigenvalue weighted by molar-refractivity contribution is 7.23. The number of hydrogen-bond donors (Lipinski definition) is 0. The zero-order valence-electron chi connectivity index (χ0n) is 22.5. The highest BCUT2D eigenvalue weighted by atomic mass is 32.1. The van der Waals surface area contributed by atoms with Crippen molar-refractivity contribution in [2.75, 3.05) is 0 Å². The first-order valence-electron chi connectivity index (χ1n) is 13.9. The number of benzene rings is 5. The third-order valence-electron chi connectivity index (χ3n) is 7.84. The molecular weight excluding hydrogens is 552 g/mol. The fourth-order valence-corrected chi connectivity index (χ4v) is 6.92. The van der Waals surface area contributed by atoms with E-state index in [2.05, 4.69) is 39.7 Å². The van der Waals surface area contributed by atoms with Crippen LogP contribution in [-0.4, -0.2) is 28.9 Å². The smallest absolute Gasteiger partial charge is 0.281 e. The molecule has 0 spiro atoms. The van der Waals surface area contributed by atoms with E-state index in [4.69, 9.17) is 15.0 Å². The van der Waals surface area contributed by atoms with Gasteiger partial charge in [0, 0.05) is 21.9 Å². The van der Waals surface area contributed by atoms with E-state index >= 15 is 0 Å². The summed E-state index contributed by atoms with van der Waals surface area (Å²) in [7, 11) is 0. The van der Waals surface area contributed by atoms with E-state index in [1.54, 1.807) is 0 Å². The minimum absolute atomic E-state index is 0.258. The Labute approximate surface area is 248 Å². The van der Waals surface area contributed by atoms with Gasteiger partial charge in [-0.15, -0.1) is 0 Å². The molecule has 8 heteroatoms. The Kier molecular flexibility index (Phi) is 5.08. The second kappa shape index (κ2) is 9.14. The Morgan fingerprint density at radius 3 is 1.84 bits per heavy atom. The quantitative estimate of drug-likeness (QED) is 0.217. The standard InChI is InChI=1S/C35H20N6OS/c42-33-25-20-28-24(19-29(25)41-27-17-9-10-18-30(27)43-35(41)39-33)23-15-7-8-16-26(23)40(28)34-37-31(21-11-3-1-4-12-21)36-32(38-34)22-13-5-2-6-14-22/h1-20H. The number of para-hydroxylation sites is 2. The lowest BCUT2D eigenvalue weighted by molar-refractivity contribution is 0.953. The summed E-state index contributed by atoms with van der Waals surface area (Å²) in [6, 6.07) is 40.2. The van der Waals surface area contributed by atoms with Crippen LogP contribution >= 0.6 is 11.3 Å². The summed E-state index contributed by atoms with van der Waals surface area (Å²) >= 11 is 1.52. The minimum Gasteiger partial charge on any atom is -0.284 e. The predicted octanol–water partition coefficient (Wildman–Crippen LogP) is 7.68. The summed E-state index contributed by atoms with van der Waals surface area (Å²) in [4.78, 5) is 33.5. The molecule has 9 rings (SSSR count). The number of hydrogen-bond acceptors (Lipinski definition) is 6. The third-order valence-corrected chi connectivity index (χ3v) is 8.87. The van der Waals surface area contributed by atoms with Gasteiger partial charge in [0.1, 0.15) is 0 Å². The van der Waals surface area contributed by atoms with Gasteiger partial charge in [0.15, 0.2) is 16.6 Å². The molecule has 0 unspecified atom stereocenters. The molecule has 0 saturated heterocycles. The number of fused-ring (bicyclic) bond motifs is 8. The molecule has 202 valence electrons. The second-order valence-electron chi connectivity index (χ2n) is 10.4. The molecule has 0 bridgehead atoms. The molecule has 5 aromatic carbocycles. The van der Waals surface area contributed by atoms with Crippen molar-refractivity contribution in [3.8, 4) is 28.7 Å². The molecule has 0 aliphatic carbocycles. The Bertz CT molecular complexity index is 2530. The fraction of sp³-hybridized carbons (Fsp3) is 0. The Morgan fingerprint density at radius 2 is 1.12 bits per heavy atom. The van der Waals surface area contributed by atoms with Gasteiger partial charge in [-0.2, -0.15) is 15.0 Å². The van der Waals surface area contributed by atoms with E-state index < -0.39 is 0 Å². The first-order valence-corrected chi connectivity index (χ1v) is 14.7. The third kappa shape index (κ3) is 3.63. The topological polar surface area (TPSA) is 78.0 Å². The molecule has 0 fully saturated rings. The van der Waals surface area contributed by atoms with Gasteiger partial charge in [-0.3, -0.25) is 13.8 Å². The van der Waals surface area contributed by atoms with Crippen molar-refractivity contribution in [3.63, 3.8) is 0 Å². The van der Waals surface area contributed by atoms with Gasteiger partial charge >= 0.3 is 0 Å². The van der Waals surface area contributed by atoms with Crippen LogP contribution in [0.4, 0.5) is 0 Å². The first kappa shape index (κ1) is 23.9. The molecule has 0 atom stereocenters. The number of thiazole rings is 1. The maximum atomic E-state index is 13.5. The van der Waals surface area contributed by atoms with Gasteiger partial charge < -0.3 is 0 Å². The van der Waals surface area contributed by atoms with Crippen LogP contribution in [0.3, 0.4) is 0 Å². The SMILES string of the molecule is O=c1nc2sc3ccccc3n2c2cc3c4ccccc4n(-c4nc(-c5ccccc5)nc(-c5ccccc5)n4)c3cc12. The molecule has 9 aromatic rings. The molecular formula is C35H20N6OS. The van der Waals surface area contributed by atoms with Crippen molar-refractivity contribution < 1.29 is 0 Å².